The molecule has 2 saturated carbocycles. The Hall–Kier alpha value is -0.400. The lowest BCUT2D eigenvalue weighted by atomic mass is 9.74. The van der Waals surface area contributed by atoms with Crippen molar-refractivity contribution in [3.05, 3.63) is 0 Å². The van der Waals surface area contributed by atoms with E-state index in [-0.39, 0.29) is 18.8 Å². The van der Waals surface area contributed by atoms with Crippen molar-refractivity contribution in [2.45, 2.75) is 100 Å². The van der Waals surface area contributed by atoms with Crippen molar-refractivity contribution >= 4 is 0 Å². The zero-order valence-electron chi connectivity index (χ0n) is 18.3. The average molecular weight is 451 g/mol. The molecule has 1 heterocycles. The maximum absolute atomic E-state index is 11.1. The molecule has 1 saturated heterocycles. The summed E-state index contributed by atoms with van der Waals surface area (Å²) < 4.78 is 11.5. The molecule has 2 aliphatic carbocycles. The maximum atomic E-state index is 11.1. The Morgan fingerprint density at radius 3 is 2.19 bits per heavy atom. The number of hydrogen-bond acceptors (Lipinski definition) is 10. The molecule has 11 atom stereocenters. The molecule has 0 aromatic heterocycles. The second-order valence-corrected chi connectivity index (χ2v) is 10.3. The third-order valence-corrected chi connectivity index (χ3v) is 8.07. The standard InChI is InChI=1S/C21H38O10/c1-19(2,31-18-17(27)16(26)15(25)13(8-22)30-18)10-4-5-21(29,9-23)12-7-14(24)20(3,28)11(12)6-10/h10-18,22-29H,4-9H2,1-3H3/t10-,11-,12+,13-,14+,15-,16+,17-,18+,20+,21+/m1/s1. The molecule has 0 bridgehead atoms. The molecule has 182 valence electrons. The molecule has 0 amide bonds. The molecule has 10 nitrogen and oxygen atoms in total. The highest BCUT2D eigenvalue weighted by Gasteiger charge is 2.60. The van der Waals surface area contributed by atoms with Crippen molar-refractivity contribution in [1.82, 2.24) is 0 Å². The van der Waals surface area contributed by atoms with Crippen molar-refractivity contribution in [2.75, 3.05) is 13.2 Å². The Labute approximate surface area is 182 Å². The second kappa shape index (κ2) is 8.75. The van der Waals surface area contributed by atoms with Crippen LogP contribution < -0.4 is 0 Å². The predicted octanol–water partition coefficient (Wildman–Crippen LogP) is -2.15. The molecular formula is C21H38O10. The fourth-order valence-electron chi connectivity index (χ4n) is 5.72. The van der Waals surface area contributed by atoms with Crippen LogP contribution in [0.5, 0.6) is 0 Å². The number of hydrogen-bond donors (Lipinski definition) is 8. The molecule has 0 spiro atoms. The van der Waals surface area contributed by atoms with Gasteiger partial charge in [-0.05, 0) is 64.2 Å². The lowest BCUT2D eigenvalue weighted by molar-refractivity contribution is -0.329. The first kappa shape index (κ1) is 25.2. The molecule has 3 aliphatic rings. The van der Waals surface area contributed by atoms with Crippen LogP contribution in [0.25, 0.3) is 0 Å². The lowest BCUT2D eigenvalue weighted by Crippen LogP contribution is -2.61. The van der Waals surface area contributed by atoms with Gasteiger partial charge in [0, 0.05) is 0 Å². The Morgan fingerprint density at radius 2 is 1.61 bits per heavy atom. The molecule has 8 N–H and O–H groups in total. The zero-order chi connectivity index (χ0) is 23.4. The van der Waals surface area contributed by atoms with Gasteiger partial charge in [0.15, 0.2) is 6.29 Å². The van der Waals surface area contributed by atoms with Gasteiger partial charge in [-0.3, -0.25) is 0 Å². The monoisotopic (exact) mass is 450 g/mol. The van der Waals surface area contributed by atoms with Gasteiger partial charge in [-0.1, -0.05) is 0 Å². The number of aliphatic hydroxyl groups is 8. The van der Waals surface area contributed by atoms with E-state index in [1.165, 1.54) is 6.92 Å². The molecular weight excluding hydrogens is 412 g/mol. The third kappa shape index (κ3) is 4.40. The number of ether oxygens (including phenoxy) is 2. The number of aliphatic hydroxyl groups excluding tert-OH is 6. The van der Waals surface area contributed by atoms with Gasteiger partial charge in [-0.2, -0.15) is 0 Å². The quantitative estimate of drug-likeness (QED) is 0.230. The largest absolute Gasteiger partial charge is 0.394 e. The first-order valence-corrected chi connectivity index (χ1v) is 11.0. The fraction of sp³-hybridized carbons (Fsp3) is 1.00. The third-order valence-electron chi connectivity index (χ3n) is 8.07. The minimum atomic E-state index is -1.56. The summed E-state index contributed by atoms with van der Waals surface area (Å²) in [6.07, 6.45) is -6.78. The first-order chi connectivity index (χ1) is 14.3. The topological polar surface area (TPSA) is 180 Å². The van der Waals surface area contributed by atoms with Crippen molar-refractivity contribution in [2.24, 2.45) is 17.8 Å². The fourth-order valence-corrected chi connectivity index (χ4v) is 5.72. The summed E-state index contributed by atoms with van der Waals surface area (Å²) in [5.74, 6) is -1.25. The summed E-state index contributed by atoms with van der Waals surface area (Å²) in [4.78, 5) is 0. The van der Waals surface area contributed by atoms with Gasteiger partial charge in [0.25, 0.3) is 0 Å². The molecule has 3 rings (SSSR count). The molecule has 0 unspecified atom stereocenters. The van der Waals surface area contributed by atoms with Crippen LogP contribution in [0.2, 0.25) is 0 Å². The van der Waals surface area contributed by atoms with E-state index >= 15 is 0 Å². The molecule has 0 radical (unpaired) electrons. The minimum absolute atomic E-state index is 0.176. The normalized spacial score (nSPS) is 51.4. The van der Waals surface area contributed by atoms with Gasteiger partial charge in [0.05, 0.1) is 36.1 Å². The van der Waals surface area contributed by atoms with Gasteiger partial charge in [0.1, 0.15) is 24.4 Å². The summed E-state index contributed by atoms with van der Waals surface area (Å²) in [7, 11) is 0. The Balaban J connectivity index is 1.82. The van der Waals surface area contributed by atoms with Crippen molar-refractivity contribution < 1.29 is 50.3 Å². The van der Waals surface area contributed by atoms with E-state index in [2.05, 4.69) is 0 Å². The van der Waals surface area contributed by atoms with Crippen LogP contribution in [0.15, 0.2) is 0 Å². The molecule has 3 fully saturated rings. The van der Waals surface area contributed by atoms with E-state index in [0.717, 1.165) is 0 Å². The smallest absolute Gasteiger partial charge is 0.187 e. The van der Waals surface area contributed by atoms with Crippen LogP contribution in [-0.2, 0) is 9.47 Å². The number of fused-ring (bicyclic) bond motifs is 1. The average Bonchev–Trinajstić information content (AvgIpc) is 2.84. The van der Waals surface area contributed by atoms with Gasteiger partial charge in [-0.25, -0.2) is 0 Å². The summed E-state index contributed by atoms with van der Waals surface area (Å²) in [5.41, 5.74) is -3.86. The molecule has 10 heteroatoms. The Bertz CT molecular complexity index is 625. The molecule has 0 aromatic carbocycles. The van der Waals surface area contributed by atoms with E-state index in [0.29, 0.717) is 12.8 Å². The van der Waals surface area contributed by atoms with Crippen LogP contribution in [0, 0.1) is 17.8 Å². The summed E-state index contributed by atoms with van der Waals surface area (Å²) in [6, 6.07) is 0. The summed E-state index contributed by atoms with van der Waals surface area (Å²) in [6.45, 7) is 4.00. The molecule has 31 heavy (non-hydrogen) atoms. The number of rotatable bonds is 5. The molecule has 0 aromatic rings. The highest BCUT2D eigenvalue weighted by atomic mass is 16.7. The van der Waals surface area contributed by atoms with Crippen LogP contribution in [0.4, 0.5) is 0 Å². The zero-order valence-corrected chi connectivity index (χ0v) is 18.3. The van der Waals surface area contributed by atoms with Crippen LogP contribution in [0.3, 0.4) is 0 Å². The summed E-state index contributed by atoms with van der Waals surface area (Å²) >= 11 is 0. The maximum Gasteiger partial charge on any atom is 0.187 e. The molecule has 1 aliphatic heterocycles. The SMILES string of the molecule is CC(C)(O[C@@H]1O[C@H](CO)[C@@H](O)[C@H](O)[C@H]1O)[C@@H]1CC[C@](O)(CO)[C@H]2C[C@H](O)[C@@](C)(O)[C@@H]2C1. The van der Waals surface area contributed by atoms with Crippen LogP contribution in [-0.4, -0.2) is 108 Å². The van der Waals surface area contributed by atoms with Crippen molar-refractivity contribution in [3.8, 4) is 0 Å². The minimum Gasteiger partial charge on any atom is -0.394 e. The van der Waals surface area contributed by atoms with E-state index in [4.69, 9.17) is 9.47 Å². The van der Waals surface area contributed by atoms with E-state index < -0.39 is 78.7 Å². The second-order valence-electron chi connectivity index (χ2n) is 10.3. The predicted molar refractivity (Wildman–Crippen MR) is 107 cm³/mol. The van der Waals surface area contributed by atoms with Crippen LogP contribution >= 0.6 is 0 Å². The van der Waals surface area contributed by atoms with Gasteiger partial charge >= 0.3 is 0 Å². The van der Waals surface area contributed by atoms with Gasteiger partial charge in [0.2, 0.25) is 0 Å². The highest BCUT2D eigenvalue weighted by Crippen LogP contribution is 2.54. The first-order valence-electron chi connectivity index (χ1n) is 11.0. The van der Waals surface area contributed by atoms with Crippen molar-refractivity contribution in [3.63, 3.8) is 0 Å². The van der Waals surface area contributed by atoms with Crippen molar-refractivity contribution in [1.29, 1.82) is 0 Å². The lowest BCUT2D eigenvalue weighted by Gasteiger charge is -2.45. The Morgan fingerprint density at radius 1 is 0.968 bits per heavy atom. The van der Waals surface area contributed by atoms with E-state index in [1.54, 1.807) is 13.8 Å². The highest BCUT2D eigenvalue weighted by molar-refractivity contribution is 5.10. The summed E-state index contributed by atoms with van der Waals surface area (Å²) in [5, 5.41) is 82.1. The van der Waals surface area contributed by atoms with Crippen LogP contribution in [0.1, 0.15) is 46.5 Å². The van der Waals surface area contributed by atoms with Gasteiger partial charge < -0.3 is 50.3 Å². The van der Waals surface area contributed by atoms with Gasteiger partial charge in [-0.15, -0.1) is 0 Å². The van der Waals surface area contributed by atoms with E-state index in [9.17, 15) is 40.9 Å². The van der Waals surface area contributed by atoms with E-state index in [1.807, 2.05) is 0 Å². The Kier molecular flexibility index (Phi) is 7.12.